The molecule has 1 heterocycles. The molecule has 0 amide bonds. The quantitative estimate of drug-likeness (QED) is 0.547. The number of rotatable bonds is 0. The van der Waals surface area contributed by atoms with Gasteiger partial charge >= 0.3 is 6.18 Å². The molecule has 0 aromatic carbocycles. The van der Waals surface area contributed by atoms with Gasteiger partial charge in [-0.2, -0.15) is 13.2 Å². The first-order chi connectivity index (χ1) is 5.02. The summed E-state index contributed by atoms with van der Waals surface area (Å²) in [6, 6.07) is 0. The summed E-state index contributed by atoms with van der Waals surface area (Å²) in [6.45, 7) is 0.346. The van der Waals surface area contributed by atoms with Gasteiger partial charge in [-0.25, -0.2) is 0 Å². The van der Waals surface area contributed by atoms with E-state index in [-0.39, 0.29) is 0 Å². The Balaban J connectivity index is 2.87. The Labute approximate surface area is 66.6 Å². The number of hydrogen-bond acceptors (Lipinski definition) is 1. The lowest BCUT2D eigenvalue weighted by molar-refractivity contribution is -0.0861. The van der Waals surface area contributed by atoms with Crippen LogP contribution in [0.4, 0.5) is 13.2 Å². The number of hydrogen-bond donors (Lipinski definition) is 0. The fourth-order valence-corrected chi connectivity index (χ4v) is 1.04. The Kier molecular flexibility index (Phi) is 2.23. The molecular weight excluding hydrogens is 179 g/mol. The summed E-state index contributed by atoms with van der Waals surface area (Å²) in [6.07, 6.45) is -2.98. The second-order valence-electron chi connectivity index (χ2n) is 2.08. The Morgan fingerprint density at radius 1 is 1.45 bits per heavy atom. The molecule has 0 aromatic heterocycles. The van der Waals surface area contributed by atoms with Gasteiger partial charge in [0.25, 0.3) is 0 Å². The number of alkyl halides is 3. The average molecular weight is 184 g/mol. The van der Waals surface area contributed by atoms with Crippen LogP contribution >= 0.6 is 11.6 Å². The third kappa shape index (κ3) is 1.96. The molecule has 0 aliphatic carbocycles. The molecule has 0 N–H and O–H groups in total. The molecule has 0 spiro atoms. The van der Waals surface area contributed by atoms with E-state index in [0.29, 0.717) is 13.0 Å². The minimum Gasteiger partial charge on any atom is -0.272 e. The zero-order valence-electron chi connectivity index (χ0n) is 5.45. The summed E-state index contributed by atoms with van der Waals surface area (Å²) in [5.74, 6) is 0. The van der Waals surface area contributed by atoms with Gasteiger partial charge < -0.3 is 0 Å². The summed E-state index contributed by atoms with van der Waals surface area (Å²) in [4.78, 5) is 3.47. The van der Waals surface area contributed by atoms with Gasteiger partial charge in [0.1, 0.15) is 5.17 Å². The van der Waals surface area contributed by atoms with Crippen molar-refractivity contribution in [3.8, 4) is 0 Å². The van der Waals surface area contributed by atoms with Crippen molar-refractivity contribution in [2.45, 2.75) is 12.6 Å². The van der Waals surface area contributed by atoms with Crippen molar-refractivity contribution in [3.05, 3.63) is 11.6 Å². The van der Waals surface area contributed by atoms with Gasteiger partial charge in [0.15, 0.2) is 0 Å². The fraction of sp³-hybridized carbons (Fsp3) is 0.500. The maximum absolute atomic E-state index is 12.0. The standard InChI is InChI=1S/C6H5ClF3N/c7-5-4(6(8,9)10)2-1-3-11-5/h2H,1,3H2. The van der Waals surface area contributed by atoms with Crippen molar-refractivity contribution in [3.63, 3.8) is 0 Å². The molecule has 0 fully saturated rings. The lowest BCUT2D eigenvalue weighted by atomic mass is 10.2. The average Bonchev–Trinajstić information content (AvgIpc) is 1.86. The summed E-state index contributed by atoms with van der Waals surface area (Å²) < 4.78 is 35.9. The predicted octanol–water partition coefficient (Wildman–Crippen LogP) is 2.52. The summed E-state index contributed by atoms with van der Waals surface area (Å²) in [5, 5.41) is -0.427. The van der Waals surface area contributed by atoms with Crippen molar-refractivity contribution < 1.29 is 13.2 Å². The molecule has 0 aromatic rings. The molecule has 0 bridgehead atoms. The first-order valence-electron chi connectivity index (χ1n) is 2.99. The first-order valence-corrected chi connectivity index (χ1v) is 3.37. The highest BCUT2D eigenvalue weighted by molar-refractivity contribution is 6.69. The summed E-state index contributed by atoms with van der Waals surface area (Å²) >= 11 is 5.23. The molecule has 0 saturated carbocycles. The van der Waals surface area contributed by atoms with Crippen LogP contribution in [-0.4, -0.2) is 17.9 Å². The van der Waals surface area contributed by atoms with Gasteiger partial charge in [0, 0.05) is 6.54 Å². The van der Waals surface area contributed by atoms with Gasteiger partial charge in [0.05, 0.1) is 5.57 Å². The molecule has 1 nitrogen and oxygen atoms in total. The monoisotopic (exact) mass is 183 g/mol. The number of nitrogens with zero attached hydrogens (tertiary/aromatic N) is 1. The van der Waals surface area contributed by atoms with Crippen molar-refractivity contribution in [1.82, 2.24) is 0 Å². The highest BCUT2D eigenvalue weighted by Gasteiger charge is 2.36. The van der Waals surface area contributed by atoms with E-state index in [1.54, 1.807) is 0 Å². The molecule has 1 aliphatic heterocycles. The van der Waals surface area contributed by atoms with E-state index >= 15 is 0 Å². The van der Waals surface area contributed by atoms with Crippen molar-refractivity contribution in [1.29, 1.82) is 0 Å². The predicted molar refractivity (Wildman–Crippen MR) is 36.9 cm³/mol. The smallest absolute Gasteiger partial charge is 0.272 e. The molecule has 0 radical (unpaired) electrons. The molecule has 5 heteroatoms. The van der Waals surface area contributed by atoms with Gasteiger partial charge in [-0.15, -0.1) is 0 Å². The summed E-state index contributed by atoms with van der Waals surface area (Å²) in [5.41, 5.74) is -0.814. The van der Waals surface area contributed by atoms with Gasteiger partial charge in [-0.05, 0) is 6.42 Å². The van der Waals surface area contributed by atoms with E-state index in [0.717, 1.165) is 6.08 Å². The molecule has 0 saturated heterocycles. The van der Waals surface area contributed by atoms with E-state index in [1.807, 2.05) is 0 Å². The van der Waals surface area contributed by atoms with E-state index in [2.05, 4.69) is 4.99 Å². The van der Waals surface area contributed by atoms with Crippen LogP contribution in [0, 0.1) is 0 Å². The van der Waals surface area contributed by atoms with Crippen LogP contribution in [0.25, 0.3) is 0 Å². The molecule has 1 aliphatic rings. The molecule has 0 atom stereocenters. The second-order valence-corrected chi connectivity index (χ2v) is 2.43. The first kappa shape index (κ1) is 8.59. The normalized spacial score (nSPS) is 19.3. The van der Waals surface area contributed by atoms with E-state index in [9.17, 15) is 13.2 Å². The fourth-order valence-electron chi connectivity index (χ4n) is 0.774. The Morgan fingerprint density at radius 3 is 2.45 bits per heavy atom. The number of halogens is 4. The molecule has 1 rings (SSSR count). The molecule has 0 unspecified atom stereocenters. The second kappa shape index (κ2) is 2.85. The summed E-state index contributed by atoms with van der Waals surface area (Å²) in [7, 11) is 0. The van der Waals surface area contributed by atoms with E-state index < -0.39 is 16.9 Å². The van der Waals surface area contributed by atoms with Crippen LogP contribution in [0.15, 0.2) is 16.6 Å². The van der Waals surface area contributed by atoms with E-state index in [1.165, 1.54) is 0 Å². The maximum Gasteiger partial charge on any atom is 0.419 e. The third-order valence-corrected chi connectivity index (χ3v) is 1.58. The zero-order chi connectivity index (χ0) is 8.48. The number of aliphatic imine (C=N–C) groups is 1. The SMILES string of the molecule is FC(F)(F)C1=CCCN=C1Cl. The third-order valence-electron chi connectivity index (χ3n) is 1.26. The number of dihydropyridines is 1. The Bertz CT molecular complexity index is 216. The van der Waals surface area contributed by atoms with Crippen molar-refractivity contribution >= 4 is 16.8 Å². The van der Waals surface area contributed by atoms with E-state index in [4.69, 9.17) is 11.6 Å². The lowest BCUT2D eigenvalue weighted by Crippen LogP contribution is -2.19. The Morgan fingerprint density at radius 2 is 2.09 bits per heavy atom. The van der Waals surface area contributed by atoms with Crippen molar-refractivity contribution in [2.24, 2.45) is 4.99 Å². The minimum absolute atomic E-state index is 0.311. The van der Waals surface area contributed by atoms with Crippen molar-refractivity contribution in [2.75, 3.05) is 6.54 Å². The highest BCUT2D eigenvalue weighted by Crippen LogP contribution is 2.29. The zero-order valence-corrected chi connectivity index (χ0v) is 6.21. The maximum atomic E-state index is 12.0. The van der Waals surface area contributed by atoms with Crippen LogP contribution in [0.2, 0.25) is 0 Å². The van der Waals surface area contributed by atoms with Crippen LogP contribution in [-0.2, 0) is 0 Å². The van der Waals surface area contributed by atoms with Crippen LogP contribution in [0.5, 0.6) is 0 Å². The lowest BCUT2D eigenvalue weighted by Gasteiger charge is -2.12. The molecule has 11 heavy (non-hydrogen) atoms. The van der Waals surface area contributed by atoms with Gasteiger partial charge in [-0.1, -0.05) is 17.7 Å². The van der Waals surface area contributed by atoms with Crippen LogP contribution in [0.1, 0.15) is 6.42 Å². The topological polar surface area (TPSA) is 12.4 Å². The van der Waals surface area contributed by atoms with Crippen LogP contribution in [0.3, 0.4) is 0 Å². The van der Waals surface area contributed by atoms with Gasteiger partial charge in [-0.3, -0.25) is 4.99 Å². The molecular formula is C6H5ClF3N. The minimum atomic E-state index is -4.36. The Hall–Kier alpha value is -0.510. The van der Waals surface area contributed by atoms with Crippen LogP contribution < -0.4 is 0 Å². The molecule has 62 valence electrons. The highest BCUT2D eigenvalue weighted by atomic mass is 35.5. The largest absolute Gasteiger partial charge is 0.419 e. The van der Waals surface area contributed by atoms with Gasteiger partial charge in [0.2, 0.25) is 0 Å². The number of allylic oxidation sites excluding steroid dienone is 1.